The summed E-state index contributed by atoms with van der Waals surface area (Å²) in [6, 6.07) is 17.7. The summed E-state index contributed by atoms with van der Waals surface area (Å²) in [6.45, 7) is 2.40. The van der Waals surface area contributed by atoms with Gasteiger partial charge in [0.2, 0.25) is 5.91 Å². The minimum atomic E-state index is -0.223. The highest BCUT2D eigenvalue weighted by atomic mass is 32.1. The molecule has 0 aliphatic heterocycles. The first-order valence-electron chi connectivity index (χ1n) is 8.96. The molecule has 2 heterocycles. The normalized spacial score (nSPS) is 10.9. The molecule has 0 spiro atoms. The third-order valence-electron chi connectivity index (χ3n) is 4.57. The number of hydrogen-bond donors (Lipinski definition) is 1. The van der Waals surface area contributed by atoms with E-state index in [0.29, 0.717) is 16.8 Å². The van der Waals surface area contributed by atoms with Crippen molar-refractivity contribution in [1.29, 1.82) is 0 Å². The van der Waals surface area contributed by atoms with Gasteiger partial charge in [0.15, 0.2) is 0 Å². The van der Waals surface area contributed by atoms with E-state index in [1.165, 1.54) is 22.2 Å². The average Bonchev–Trinajstić information content (AvgIpc) is 3.15. The molecule has 0 atom stereocenters. The van der Waals surface area contributed by atoms with Gasteiger partial charge in [-0.25, -0.2) is 4.98 Å². The van der Waals surface area contributed by atoms with Crippen LogP contribution in [-0.4, -0.2) is 15.5 Å². The van der Waals surface area contributed by atoms with Gasteiger partial charge >= 0.3 is 0 Å². The lowest BCUT2D eigenvalue weighted by atomic mass is 10.1. The van der Waals surface area contributed by atoms with Crippen LogP contribution in [0.4, 0.5) is 0 Å². The standard InChI is InChI=1S/C22H19N3O2S/c1-15-7-9-17(10-8-15)18-13-28-21-20(18)22(27)25(14-24-21)12-19(26)23-11-16-5-3-2-4-6-16/h2-10,13-14H,11-12H2,1H3,(H,23,26). The summed E-state index contributed by atoms with van der Waals surface area (Å²) in [4.78, 5) is 30.4. The predicted molar refractivity (Wildman–Crippen MR) is 112 cm³/mol. The molecule has 0 fully saturated rings. The Labute approximate surface area is 166 Å². The van der Waals surface area contributed by atoms with Gasteiger partial charge in [-0.15, -0.1) is 11.3 Å². The third-order valence-corrected chi connectivity index (χ3v) is 5.46. The van der Waals surface area contributed by atoms with Crippen LogP contribution in [0, 0.1) is 6.92 Å². The highest BCUT2D eigenvalue weighted by Crippen LogP contribution is 2.30. The van der Waals surface area contributed by atoms with Crippen LogP contribution in [0.5, 0.6) is 0 Å². The molecule has 0 aliphatic rings. The largest absolute Gasteiger partial charge is 0.350 e. The molecule has 0 saturated heterocycles. The molecule has 0 aliphatic carbocycles. The fourth-order valence-electron chi connectivity index (χ4n) is 3.03. The lowest BCUT2D eigenvalue weighted by Crippen LogP contribution is -2.32. The van der Waals surface area contributed by atoms with Gasteiger partial charge in [-0.3, -0.25) is 14.2 Å². The second-order valence-electron chi connectivity index (χ2n) is 6.64. The number of nitrogens with zero attached hydrogens (tertiary/aromatic N) is 2. The molecule has 1 amide bonds. The zero-order valence-electron chi connectivity index (χ0n) is 15.4. The van der Waals surface area contributed by atoms with Gasteiger partial charge in [-0.05, 0) is 18.1 Å². The van der Waals surface area contributed by atoms with Crippen LogP contribution >= 0.6 is 11.3 Å². The second kappa shape index (κ2) is 7.78. The van der Waals surface area contributed by atoms with Gasteiger partial charge < -0.3 is 5.32 Å². The van der Waals surface area contributed by atoms with E-state index in [9.17, 15) is 9.59 Å². The topological polar surface area (TPSA) is 64.0 Å². The minimum Gasteiger partial charge on any atom is -0.350 e. The Morgan fingerprint density at radius 2 is 1.86 bits per heavy atom. The Morgan fingerprint density at radius 3 is 2.61 bits per heavy atom. The molecule has 0 unspecified atom stereocenters. The van der Waals surface area contributed by atoms with E-state index in [0.717, 1.165) is 22.3 Å². The molecule has 6 heteroatoms. The number of nitrogens with one attached hydrogen (secondary N) is 1. The maximum Gasteiger partial charge on any atom is 0.263 e. The van der Waals surface area contributed by atoms with Crippen molar-refractivity contribution in [2.24, 2.45) is 0 Å². The molecule has 4 aromatic rings. The van der Waals surface area contributed by atoms with Gasteiger partial charge in [0.25, 0.3) is 5.56 Å². The van der Waals surface area contributed by atoms with Gasteiger partial charge in [0.1, 0.15) is 11.4 Å². The number of carbonyl (C=O) groups excluding carboxylic acids is 1. The van der Waals surface area contributed by atoms with Crippen molar-refractivity contribution < 1.29 is 4.79 Å². The Hall–Kier alpha value is -3.25. The maximum atomic E-state index is 13.0. The molecule has 0 radical (unpaired) electrons. The van der Waals surface area contributed by atoms with Crippen LogP contribution in [0.15, 0.2) is 71.1 Å². The summed E-state index contributed by atoms with van der Waals surface area (Å²) in [5.74, 6) is -0.223. The third kappa shape index (κ3) is 3.73. The summed E-state index contributed by atoms with van der Waals surface area (Å²) in [7, 11) is 0. The van der Waals surface area contributed by atoms with Crippen molar-refractivity contribution in [2.75, 3.05) is 0 Å². The highest BCUT2D eigenvalue weighted by Gasteiger charge is 2.14. The van der Waals surface area contributed by atoms with Gasteiger partial charge in [-0.2, -0.15) is 0 Å². The minimum absolute atomic E-state index is 0.0577. The van der Waals surface area contributed by atoms with E-state index in [2.05, 4.69) is 10.3 Å². The number of fused-ring (bicyclic) bond motifs is 1. The van der Waals surface area contributed by atoms with Crippen LogP contribution < -0.4 is 10.9 Å². The van der Waals surface area contributed by atoms with E-state index in [1.807, 2.05) is 66.9 Å². The zero-order chi connectivity index (χ0) is 19.5. The first kappa shape index (κ1) is 18.1. The summed E-state index contributed by atoms with van der Waals surface area (Å²) in [6.07, 6.45) is 1.45. The molecule has 2 aromatic heterocycles. The summed E-state index contributed by atoms with van der Waals surface area (Å²) in [5.41, 5.74) is 3.81. The van der Waals surface area contributed by atoms with Gasteiger partial charge in [-0.1, -0.05) is 60.2 Å². The molecular weight excluding hydrogens is 370 g/mol. The number of rotatable bonds is 5. The quantitative estimate of drug-likeness (QED) is 0.565. The number of amides is 1. The van der Waals surface area contributed by atoms with E-state index in [1.54, 1.807) is 0 Å². The zero-order valence-corrected chi connectivity index (χ0v) is 16.2. The SMILES string of the molecule is Cc1ccc(-c2csc3ncn(CC(=O)NCc4ccccc4)c(=O)c23)cc1. The molecule has 2 aromatic carbocycles. The van der Waals surface area contributed by atoms with Gasteiger partial charge in [0, 0.05) is 17.5 Å². The number of hydrogen-bond acceptors (Lipinski definition) is 4. The number of aryl methyl sites for hydroxylation is 1. The molecule has 28 heavy (non-hydrogen) atoms. The van der Waals surface area contributed by atoms with Crippen molar-refractivity contribution in [2.45, 2.75) is 20.0 Å². The predicted octanol–water partition coefficient (Wildman–Crippen LogP) is 3.75. The van der Waals surface area contributed by atoms with Crippen molar-refractivity contribution in [3.8, 4) is 11.1 Å². The van der Waals surface area contributed by atoms with Crippen molar-refractivity contribution in [3.05, 3.63) is 87.8 Å². The lowest BCUT2D eigenvalue weighted by molar-refractivity contribution is -0.121. The highest BCUT2D eigenvalue weighted by molar-refractivity contribution is 7.17. The van der Waals surface area contributed by atoms with Crippen LogP contribution in [0.2, 0.25) is 0 Å². The van der Waals surface area contributed by atoms with Crippen LogP contribution in [0.25, 0.3) is 21.3 Å². The average molecular weight is 389 g/mol. The number of carbonyl (C=O) groups is 1. The van der Waals surface area contributed by atoms with Crippen molar-refractivity contribution >= 4 is 27.5 Å². The van der Waals surface area contributed by atoms with E-state index >= 15 is 0 Å². The molecule has 0 saturated carbocycles. The number of aromatic nitrogens is 2. The summed E-state index contributed by atoms with van der Waals surface area (Å²) < 4.78 is 1.37. The monoisotopic (exact) mass is 389 g/mol. The summed E-state index contributed by atoms with van der Waals surface area (Å²) in [5, 5.41) is 5.36. The first-order valence-corrected chi connectivity index (χ1v) is 9.84. The molecule has 1 N–H and O–H groups in total. The second-order valence-corrected chi connectivity index (χ2v) is 7.49. The molecule has 0 bridgehead atoms. The lowest BCUT2D eigenvalue weighted by Gasteiger charge is -2.08. The molecule has 4 rings (SSSR count). The van der Waals surface area contributed by atoms with E-state index in [-0.39, 0.29) is 18.0 Å². The van der Waals surface area contributed by atoms with E-state index < -0.39 is 0 Å². The smallest absolute Gasteiger partial charge is 0.263 e. The Bertz CT molecular complexity index is 1180. The Balaban J connectivity index is 1.59. The van der Waals surface area contributed by atoms with Crippen molar-refractivity contribution in [3.63, 3.8) is 0 Å². The fourth-order valence-corrected chi connectivity index (χ4v) is 3.94. The fraction of sp³-hybridized carbons (Fsp3) is 0.136. The van der Waals surface area contributed by atoms with Gasteiger partial charge in [0.05, 0.1) is 11.7 Å². The molecule has 5 nitrogen and oxygen atoms in total. The maximum absolute atomic E-state index is 13.0. The van der Waals surface area contributed by atoms with Crippen LogP contribution in [-0.2, 0) is 17.9 Å². The Morgan fingerprint density at radius 1 is 1.11 bits per heavy atom. The number of benzene rings is 2. The Kier molecular flexibility index (Phi) is 5.04. The first-order chi connectivity index (χ1) is 13.6. The molecular formula is C22H19N3O2S. The molecule has 140 valence electrons. The van der Waals surface area contributed by atoms with Crippen molar-refractivity contribution in [1.82, 2.24) is 14.9 Å². The van der Waals surface area contributed by atoms with Crippen LogP contribution in [0.1, 0.15) is 11.1 Å². The van der Waals surface area contributed by atoms with Crippen LogP contribution in [0.3, 0.4) is 0 Å². The number of thiophene rings is 1. The summed E-state index contributed by atoms with van der Waals surface area (Å²) >= 11 is 1.44. The van der Waals surface area contributed by atoms with E-state index in [4.69, 9.17) is 0 Å².